The number of aryl methyl sites for hydroxylation is 2. The van der Waals surface area contributed by atoms with Crippen molar-refractivity contribution in [1.29, 1.82) is 5.26 Å². The molecule has 9 heteroatoms. The lowest BCUT2D eigenvalue weighted by Gasteiger charge is -2.35. The first kappa shape index (κ1) is 32.5. The molecule has 4 rings (SSSR count). The predicted molar refractivity (Wildman–Crippen MR) is 171 cm³/mol. The molecule has 1 amide bonds. The van der Waals surface area contributed by atoms with Gasteiger partial charge in [-0.25, -0.2) is 8.42 Å². The fraction of sp³-hybridized carbons (Fsp3) is 0.314. The molecule has 0 fully saturated rings. The number of benzene rings is 2. The molecule has 0 N–H and O–H groups in total. The monoisotopic (exact) mass is 609 g/mol. The largest absolute Gasteiger partial charge is 0.341 e. The summed E-state index contributed by atoms with van der Waals surface area (Å²) in [6.45, 7) is 0. The van der Waals surface area contributed by atoms with Gasteiger partial charge in [-0.1, -0.05) is 42.5 Å². The number of pyridine rings is 2. The van der Waals surface area contributed by atoms with Crippen LogP contribution in [0.25, 0.3) is 0 Å². The Labute approximate surface area is 261 Å². The highest BCUT2D eigenvalue weighted by Crippen LogP contribution is 2.23. The van der Waals surface area contributed by atoms with Crippen LogP contribution in [0.4, 0.5) is 0 Å². The summed E-state index contributed by atoms with van der Waals surface area (Å²) in [6.07, 6.45) is 12.4. The van der Waals surface area contributed by atoms with Crippen LogP contribution < -0.4 is 0 Å². The Balaban J connectivity index is 1.57. The minimum absolute atomic E-state index is 0.0389. The molecule has 44 heavy (non-hydrogen) atoms. The van der Waals surface area contributed by atoms with Crippen molar-refractivity contribution in [1.82, 2.24) is 19.2 Å². The van der Waals surface area contributed by atoms with Crippen LogP contribution in [0.3, 0.4) is 0 Å². The van der Waals surface area contributed by atoms with E-state index < -0.39 is 16.1 Å². The van der Waals surface area contributed by atoms with Crippen molar-refractivity contribution < 1.29 is 13.2 Å². The van der Waals surface area contributed by atoms with E-state index in [9.17, 15) is 13.2 Å². The van der Waals surface area contributed by atoms with Gasteiger partial charge in [0.2, 0.25) is 15.9 Å². The molecular weight excluding hydrogens is 570 g/mol. The highest BCUT2D eigenvalue weighted by Gasteiger charge is 2.36. The van der Waals surface area contributed by atoms with Gasteiger partial charge in [-0.15, -0.1) is 0 Å². The zero-order valence-corrected chi connectivity index (χ0v) is 26.1. The van der Waals surface area contributed by atoms with Crippen LogP contribution >= 0.6 is 0 Å². The molecule has 2 heterocycles. The van der Waals surface area contributed by atoms with Crippen molar-refractivity contribution in [2.24, 2.45) is 0 Å². The Kier molecular flexibility index (Phi) is 11.8. The third-order valence-electron chi connectivity index (χ3n) is 8.00. The van der Waals surface area contributed by atoms with E-state index in [0.717, 1.165) is 55.2 Å². The molecule has 2 aromatic carbocycles. The number of hydrogen-bond acceptors (Lipinski definition) is 6. The van der Waals surface area contributed by atoms with E-state index in [0.29, 0.717) is 5.56 Å². The molecule has 0 aliphatic rings. The summed E-state index contributed by atoms with van der Waals surface area (Å²) in [5.41, 5.74) is 3.52. The lowest BCUT2D eigenvalue weighted by atomic mass is 9.97. The van der Waals surface area contributed by atoms with Crippen molar-refractivity contribution in [3.05, 3.63) is 126 Å². The maximum Gasteiger partial charge on any atom is 0.243 e. The van der Waals surface area contributed by atoms with Gasteiger partial charge in [0.15, 0.2) is 0 Å². The fourth-order valence-corrected chi connectivity index (χ4v) is 6.68. The van der Waals surface area contributed by atoms with Gasteiger partial charge in [-0.05, 0) is 98.0 Å². The van der Waals surface area contributed by atoms with Crippen LogP contribution in [0.5, 0.6) is 0 Å². The fourth-order valence-electron chi connectivity index (χ4n) is 5.37. The average molecular weight is 610 g/mol. The number of carbonyl (C=O) groups excluding carboxylic acids is 1. The average Bonchev–Trinajstić information content (AvgIpc) is 3.07. The molecule has 0 aliphatic heterocycles. The number of nitrogens with zero attached hydrogens (tertiary/aromatic N) is 5. The number of sulfonamides is 1. The molecule has 2 aromatic heterocycles. The Bertz CT molecular complexity index is 1560. The molecule has 0 bridgehead atoms. The standard InChI is InChI=1S/C35H39N5O3S/c1-39(32(16-6-12-30-14-8-22-37-26-30)17-7-13-31-15-9-23-38-27-31)35(41)34(24-28-10-4-3-5-11-28)40(2)44(42,43)33-20-18-29(25-36)19-21-33/h3-5,8-11,14-15,18-23,26-27,32,34H,6-7,12-13,16-17,24H2,1-2H3/t34-/m0/s1. The molecule has 8 nitrogen and oxygen atoms in total. The van der Waals surface area contributed by atoms with Crippen LogP contribution in [0, 0.1) is 11.3 Å². The van der Waals surface area contributed by atoms with E-state index in [1.54, 1.807) is 24.3 Å². The van der Waals surface area contributed by atoms with E-state index in [1.165, 1.54) is 35.6 Å². The third-order valence-corrected chi connectivity index (χ3v) is 9.88. The zero-order chi connectivity index (χ0) is 31.4. The number of carbonyl (C=O) groups is 1. The molecule has 4 aromatic rings. The normalized spacial score (nSPS) is 12.2. The number of likely N-dealkylation sites (N-methyl/N-ethyl adjacent to an activating group) is 2. The van der Waals surface area contributed by atoms with Crippen LogP contribution in [0.15, 0.2) is 109 Å². The van der Waals surface area contributed by atoms with Gasteiger partial charge in [-0.3, -0.25) is 14.8 Å². The van der Waals surface area contributed by atoms with Gasteiger partial charge in [0, 0.05) is 44.9 Å². The molecule has 0 radical (unpaired) electrons. The summed E-state index contributed by atoms with van der Waals surface area (Å²) in [4.78, 5) is 24.6. The lowest BCUT2D eigenvalue weighted by Crippen LogP contribution is -2.52. The Morgan fingerprint density at radius 2 is 1.34 bits per heavy atom. The predicted octanol–water partition coefficient (Wildman–Crippen LogP) is 5.45. The summed E-state index contributed by atoms with van der Waals surface area (Å²) in [5.74, 6) is -0.249. The summed E-state index contributed by atoms with van der Waals surface area (Å²) < 4.78 is 28.7. The zero-order valence-electron chi connectivity index (χ0n) is 25.3. The van der Waals surface area contributed by atoms with Gasteiger partial charge < -0.3 is 4.90 Å². The first-order valence-electron chi connectivity index (χ1n) is 14.9. The molecule has 0 unspecified atom stereocenters. The van der Waals surface area contributed by atoms with E-state index in [1.807, 2.05) is 60.9 Å². The number of aromatic nitrogens is 2. The number of hydrogen-bond donors (Lipinski definition) is 0. The molecule has 0 saturated carbocycles. The summed E-state index contributed by atoms with van der Waals surface area (Å²) in [7, 11) is -0.773. The smallest absolute Gasteiger partial charge is 0.243 e. The molecular formula is C35H39N5O3S. The van der Waals surface area contributed by atoms with E-state index in [4.69, 9.17) is 5.26 Å². The summed E-state index contributed by atoms with van der Waals surface area (Å²) in [6, 6.07) is 24.2. The Morgan fingerprint density at radius 3 is 1.84 bits per heavy atom. The lowest BCUT2D eigenvalue weighted by molar-refractivity contribution is -0.136. The topological polar surface area (TPSA) is 107 Å². The minimum atomic E-state index is -4.03. The molecule has 0 aliphatic carbocycles. The third kappa shape index (κ3) is 8.82. The van der Waals surface area contributed by atoms with Crippen molar-refractivity contribution in [2.75, 3.05) is 14.1 Å². The van der Waals surface area contributed by atoms with Gasteiger partial charge in [-0.2, -0.15) is 9.57 Å². The highest BCUT2D eigenvalue weighted by molar-refractivity contribution is 7.89. The summed E-state index contributed by atoms with van der Waals surface area (Å²) >= 11 is 0. The van der Waals surface area contributed by atoms with Gasteiger partial charge >= 0.3 is 0 Å². The second-order valence-corrected chi connectivity index (χ2v) is 13.0. The molecule has 1 atom stereocenters. The van der Waals surface area contributed by atoms with Crippen molar-refractivity contribution in [3.8, 4) is 6.07 Å². The second kappa shape index (κ2) is 15.9. The Morgan fingerprint density at radius 1 is 0.795 bits per heavy atom. The minimum Gasteiger partial charge on any atom is -0.341 e. The SMILES string of the molecule is CN(C(=O)[C@H](Cc1ccccc1)N(C)S(=O)(=O)c1ccc(C#N)cc1)C(CCCc1cccnc1)CCCc1cccnc1. The van der Waals surface area contributed by atoms with E-state index >= 15 is 0 Å². The van der Waals surface area contributed by atoms with E-state index in [-0.39, 0.29) is 23.3 Å². The number of rotatable bonds is 15. The van der Waals surface area contributed by atoms with Gasteiger partial charge in [0.25, 0.3) is 0 Å². The van der Waals surface area contributed by atoms with Crippen molar-refractivity contribution in [3.63, 3.8) is 0 Å². The van der Waals surface area contributed by atoms with Crippen molar-refractivity contribution >= 4 is 15.9 Å². The number of amides is 1. The number of nitriles is 1. The van der Waals surface area contributed by atoms with Crippen LogP contribution in [0.1, 0.15) is 47.9 Å². The maximum atomic E-state index is 14.3. The summed E-state index contributed by atoms with van der Waals surface area (Å²) in [5, 5.41) is 9.17. The van der Waals surface area contributed by atoms with Crippen LogP contribution in [-0.2, 0) is 34.1 Å². The first-order valence-corrected chi connectivity index (χ1v) is 16.3. The van der Waals surface area contributed by atoms with E-state index in [2.05, 4.69) is 22.1 Å². The molecule has 0 spiro atoms. The molecule has 228 valence electrons. The molecule has 0 saturated heterocycles. The van der Waals surface area contributed by atoms with Crippen molar-refractivity contribution in [2.45, 2.75) is 61.9 Å². The Hall–Kier alpha value is -4.39. The van der Waals surface area contributed by atoms with Gasteiger partial charge in [0.05, 0.1) is 16.5 Å². The first-order chi connectivity index (χ1) is 21.3. The van der Waals surface area contributed by atoms with Gasteiger partial charge in [0.1, 0.15) is 6.04 Å². The van der Waals surface area contributed by atoms with Crippen LogP contribution in [-0.4, -0.2) is 59.7 Å². The van der Waals surface area contributed by atoms with Crippen LogP contribution in [0.2, 0.25) is 0 Å². The quantitative estimate of drug-likeness (QED) is 0.177. The maximum absolute atomic E-state index is 14.3. The second-order valence-electron chi connectivity index (χ2n) is 11.0. The highest BCUT2D eigenvalue weighted by atomic mass is 32.2.